The average Bonchev–Trinajstić information content (AvgIpc) is 3.10. The number of halogens is 3. The molecule has 25 heavy (non-hydrogen) atoms. The number of amides is 1. The van der Waals surface area contributed by atoms with Crippen LogP contribution in [0.25, 0.3) is 5.82 Å². The van der Waals surface area contributed by atoms with Crippen molar-refractivity contribution in [3.8, 4) is 5.82 Å². The molecule has 1 fully saturated rings. The molecule has 0 spiro atoms. The molecule has 10 heteroatoms. The largest absolute Gasteiger partial charge is 0.417 e. The molecule has 0 atom stereocenters. The second-order valence-electron chi connectivity index (χ2n) is 5.85. The molecule has 0 radical (unpaired) electrons. The first kappa shape index (κ1) is 17.3. The number of nitrogens with one attached hydrogen (secondary N) is 1. The van der Waals surface area contributed by atoms with Crippen molar-refractivity contribution in [3.63, 3.8) is 0 Å². The molecule has 0 saturated carbocycles. The van der Waals surface area contributed by atoms with Crippen molar-refractivity contribution in [1.29, 1.82) is 0 Å². The molecule has 0 bridgehead atoms. The van der Waals surface area contributed by atoms with Crippen LogP contribution in [0.4, 0.5) is 13.2 Å². The van der Waals surface area contributed by atoms with Gasteiger partial charge in [-0.25, -0.2) is 9.67 Å². The SMILES string of the molecule is CN(C(=O)c1cn(-c2ccc(C(F)(F)F)cn2)nn1)C1CCNCC1. The third-order valence-electron chi connectivity index (χ3n) is 4.20. The van der Waals surface area contributed by atoms with E-state index in [0.29, 0.717) is 0 Å². The highest BCUT2D eigenvalue weighted by Gasteiger charge is 2.31. The number of hydrogen-bond donors (Lipinski definition) is 1. The zero-order valence-electron chi connectivity index (χ0n) is 13.5. The smallest absolute Gasteiger partial charge is 0.337 e. The Morgan fingerprint density at radius 1 is 1.32 bits per heavy atom. The van der Waals surface area contributed by atoms with E-state index in [1.807, 2.05) is 0 Å². The molecule has 3 rings (SSSR count). The molecule has 1 amide bonds. The van der Waals surface area contributed by atoms with Gasteiger partial charge in [-0.2, -0.15) is 13.2 Å². The lowest BCUT2D eigenvalue weighted by Crippen LogP contribution is -2.44. The van der Waals surface area contributed by atoms with Crippen LogP contribution in [0.5, 0.6) is 0 Å². The van der Waals surface area contributed by atoms with E-state index in [-0.39, 0.29) is 23.5 Å². The molecule has 3 heterocycles. The van der Waals surface area contributed by atoms with Crippen LogP contribution < -0.4 is 5.32 Å². The third kappa shape index (κ3) is 3.78. The topological polar surface area (TPSA) is 75.9 Å². The van der Waals surface area contributed by atoms with Gasteiger partial charge in [0.05, 0.1) is 11.8 Å². The predicted molar refractivity (Wildman–Crippen MR) is 82.1 cm³/mol. The summed E-state index contributed by atoms with van der Waals surface area (Å²) in [5.41, 5.74) is -0.721. The molecular weight excluding hydrogens is 337 g/mol. The summed E-state index contributed by atoms with van der Waals surface area (Å²) >= 11 is 0. The van der Waals surface area contributed by atoms with Gasteiger partial charge in [0.15, 0.2) is 11.5 Å². The van der Waals surface area contributed by atoms with Gasteiger partial charge < -0.3 is 10.2 Å². The Bertz CT molecular complexity index is 736. The maximum atomic E-state index is 12.6. The highest BCUT2D eigenvalue weighted by molar-refractivity contribution is 5.92. The fourth-order valence-electron chi connectivity index (χ4n) is 2.70. The lowest BCUT2D eigenvalue weighted by molar-refractivity contribution is -0.137. The molecule has 1 aliphatic heterocycles. The summed E-state index contributed by atoms with van der Waals surface area (Å²) in [7, 11) is 1.72. The molecule has 134 valence electrons. The second-order valence-corrected chi connectivity index (χ2v) is 5.85. The van der Waals surface area contributed by atoms with Gasteiger partial charge in [-0.05, 0) is 38.1 Å². The normalized spacial score (nSPS) is 16.0. The molecule has 2 aromatic rings. The number of nitrogens with zero attached hydrogens (tertiary/aromatic N) is 5. The van der Waals surface area contributed by atoms with Crippen LogP contribution in [0.3, 0.4) is 0 Å². The van der Waals surface area contributed by atoms with Gasteiger partial charge in [-0.15, -0.1) is 5.10 Å². The standard InChI is InChI=1S/C15H17F3N6O/c1-23(11-4-6-19-7-5-11)14(25)12-9-24(22-21-12)13-3-2-10(8-20-13)15(16,17)18/h2-3,8-9,11,19H,4-7H2,1H3. The maximum absolute atomic E-state index is 12.6. The van der Waals surface area contributed by atoms with Gasteiger partial charge in [0.1, 0.15) is 0 Å². The zero-order chi connectivity index (χ0) is 18.0. The Morgan fingerprint density at radius 3 is 2.64 bits per heavy atom. The Kier molecular flexibility index (Phi) is 4.71. The number of aromatic nitrogens is 4. The monoisotopic (exact) mass is 354 g/mol. The zero-order valence-corrected chi connectivity index (χ0v) is 13.5. The lowest BCUT2D eigenvalue weighted by Gasteiger charge is -2.31. The van der Waals surface area contributed by atoms with Crippen molar-refractivity contribution in [2.45, 2.75) is 25.1 Å². The van der Waals surface area contributed by atoms with Crippen LogP contribution in [0.15, 0.2) is 24.5 Å². The lowest BCUT2D eigenvalue weighted by atomic mass is 10.1. The van der Waals surface area contributed by atoms with Crippen molar-refractivity contribution >= 4 is 5.91 Å². The minimum absolute atomic E-state index is 0.128. The molecule has 7 nitrogen and oxygen atoms in total. The van der Waals surface area contributed by atoms with Crippen molar-refractivity contribution in [3.05, 3.63) is 35.8 Å². The summed E-state index contributed by atoms with van der Waals surface area (Å²) in [5.74, 6) is -0.117. The number of alkyl halides is 3. The van der Waals surface area contributed by atoms with E-state index in [0.717, 1.165) is 38.2 Å². The molecule has 0 aromatic carbocycles. The summed E-state index contributed by atoms with van der Waals surface area (Å²) in [6.45, 7) is 1.70. The van der Waals surface area contributed by atoms with Crippen molar-refractivity contribution < 1.29 is 18.0 Å². The fraction of sp³-hybridized carbons (Fsp3) is 0.467. The Balaban J connectivity index is 1.74. The number of rotatable bonds is 3. The van der Waals surface area contributed by atoms with Crippen LogP contribution in [0.2, 0.25) is 0 Å². The molecular formula is C15H17F3N6O. The van der Waals surface area contributed by atoms with Crippen LogP contribution in [-0.2, 0) is 6.18 Å². The Hall–Kier alpha value is -2.49. The molecule has 1 saturated heterocycles. The quantitative estimate of drug-likeness (QED) is 0.904. The van der Waals surface area contributed by atoms with Crippen LogP contribution >= 0.6 is 0 Å². The first-order valence-electron chi connectivity index (χ1n) is 7.80. The van der Waals surface area contributed by atoms with Gasteiger partial charge in [0, 0.05) is 19.3 Å². The van der Waals surface area contributed by atoms with Gasteiger partial charge >= 0.3 is 6.18 Å². The molecule has 0 unspecified atom stereocenters. The van der Waals surface area contributed by atoms with Crippen molar-refractivity contribution in [2.75, 3.05) is 20.1 Å². The number of pyridine rings is 1. The number of carbonyl (C=O) groups is 1. The first-order chi connectivity index (χ1) is 11.9. The molecule has 0 aliphatic carbocycles. The van der Waals surface area contributed by atoms with Gasteiger partial charge in [0.2, 0.25) is 0 Å². The minimum Gasteiger partial charge on any atom is -0.337 e. The third-order valence-corrected chi connectivity index (χ3v) is 4.20. The Labute approximate surface area is 141 Å². The molecule has 1 aliphatic rings. The summed E-state index contributed by atoms with van der Waals surface area (Å²) in [5, 5.41) is 10.8. The highest BCUT2D eigenvalue weighted by Crippen LogP contribution is 2.28. The van der Waals surface area contributed by atoms with Crippen LogP contribution in [0.1, 0.15) is 28.9 Å². The van der Waals surface area contributed by atoms with E-state index in [1.165, 1.54) is 16.9 Å². The Morgan fingerprint density at radius 2 is 2.04 bits per heavy atom. The van der Waals surface area contributed by atoms with Crippen molar-refractivity contribution in [1.82, 2.24) is 30.2 Å². The predicted octanol–water partition coefficient (Wildman–Crippen LogP) is 1.51. The average molecular weight is 354 g/mol. The van der Waals surface area contributed by atoms with E-state index < -0.39 is 11.7 Å². The molecule has 1 N–H and O–H groups in total. The van der Waals surface area contributed by atoms with E-state index in [1.54, 1.807) is 11.9 Å². The van der Waals surface area contributed by atoms with E-state index in [4.69, 9.17) is 0 Å². The number of piperidine rings is 1. The van der Waals surface area contributed by atoms with Gasteiger partial charge in [0.25, 0.3) is 5.91 Å². The van der Waals surface area contributed by atoms with Crippen LogP contribution in [-0.4, -0.2) is 57.0 Å². The van der Waals surface area contributed by atoms with Crippen molar-refractivity contribution in [2.24, 2.45) is 0 Å². The minimum atomic E-state index is -4.45. The summed E-state index contributed by atoms with van der Waals surface area (Å²) in [4.78, 5) is 17.9. The van der Waals surface area contributed by atoms with Gasteiger partial charge in [-0.1, -0.05) is 5.21 Å². The fourth-order valence-corrected chi connectivity index (χ4v) is 2.70. The first-order valence-corrected chi connectivity index (χ1v) is 7.80. The molecule has 2 aromatic heterocycles. The highest BCUT2D eigenvalue weighted by atomic mass is 19.4. The number of carbonyl (C=O) groups excluding carboxylic acids is 1. The summed E-state index contributed by atoms with van der Waals surface area (Å²) < 4.78 is 38.9. The van der Waals surface area contributed by atoms with E-state index in [2.05, 4.69) is 20.6 Å². The summed E-state index contributed by atoms with van der Waals surface area (Å²) in [6.07, 6.45) is -0.643. The van der Waals surface area contributed by atoms with E-state index in [9.17, 15) is 18.0 Å². The number of hydrogen-bond acceptors (Lipinski definition) is 5. The van der Waals surface area contributed by atoms with E-state index >= 15 is 0 Å². The van der Waals surface area contributed by atoms with Gasteiger partial charge in [-0.3, -0.25) is 4.79 Å². The second kappa shape index (κ2) is 6.79. The maximum Gasteiger partial charge on any atom is 0.417 e. The van der Waals surface area contributed by atoms with Crippen LogP contribution in [0, 0.1) is 0 Å². The summed E-state index contributed by atoms with van der Waals surface area (Å²) in [6, 6.07) is 2.22.